The monoisotopic (exact) mass is 311 g/mol. The summed E-state index contributed by atoms with van der Waals surface area (Å²) in [5, 5.41) is 11.2. The summed E-state index contributed by atoms with van der Waals surface area (Å²) in [5.74, 6) is 0. The molecule has 2 rings (SSSR count). The SMILES string of the molecule is CCN(Cc1ccc([N+](=O)[O-])cc1Cl)C1CCC(N)CC1. The Morgan fingerprint density at radius 3 is 2.57 bits per heavy atom. The fourth-order valence-electron chi connectivity index (χ4n) is 2.96. The standard InChI is InChI=1S/C15H22ClN3O2/c1-2-18(13-7-4-12(17)5-8-13)10-11-3-6-14(19(20)21)9-15(11)16/h3,6,9,12-13H,2,4-5,7-8,10,17H2,1H3. The predicted octanol–water partition coefficient (Wildman–Crippen LogP) is 3.34. The number of halogens is 1. The number of nitro benzene ring substituents is 1. The number of nitrogens with two attached hydrogens (primary N) is 1. The first-order valence-electron chi connectivity index (χ1n) is 7.43. The van der Waals surface area contributed by atoms with Gasteiger partial charge in [-0.15, -0.1) is 0 Å². The minimum Gasteiger partial charge on any atom is -0.328 e. The summed E-state index contributed by atoms with van der Waals surface area (Å²) in [6, 6.07) is 5.58. The highest BCUT2D eigenvalue weighted by Crippen LogP contribution is 2.27. The Morgan fingerprint density at radius 2 is 2.05 bits per heavy atom. The molecule has 5 nitrogen and oxygen atoms in total. The minimum absolute atomic E-state index is 0.0374. The summed E-state index contributed by atoms with van der Waals surface area (Å²) in [7, 11) is 0. The molecule has 2 N–H and O–H groups in total. The van der Waals surface area contributed by atoms with E-state index in [2.05, 4.69) is 11.8 Å². The van der Waals surface area contributed by atoms with E-state index in [4.69, 9.17) is 17.3 Å². The molecule has 0 heterocycles. The van der Waals surface area contributed by atoms with Crippen LogP contribution in [0.25, 0.3) is 0 Å². The van der Waals surface area contributed by atoms with E-state index >= 15 is 0 Å². The first-order valence-corrected chi connectivity index (χ1v) is 7.81. The summed E-state index contributed by atoms with van der Waals surface area (Å²) in [6.07, 6.45) is 4.35. The summed E-state index contributed by atoms with van der Waals surface area (Å²) in [5.41, 5.74) is 6.94. The summed E-state index contributed by atoms with van der Waals surface area (Å²) in [6.45, 7) is 3.80. The van der Waals surface area contributed by atoms with Crippen molar-refractivity contribution >= 4 is 17.3 Å². The highest BCUT2D eigenvalue weighted by molar-refractivity contribution is 6.31. The quantitative estimate of drug-likeness (QED) is 0.668. The molecule has 1 aromatic rings. The third-order valence-electron chi connectivity index (χ3n) is 4.28. The van der Waals surface area contributed by atoms with Crippen LogP contribution in [0.4, 0.5) is 5.69 Å². The predicted molar refractivity (Wildman–Crippen MR) is 84.4 cm³/mol. The van der Waals surface area contributed by atoms with E-state index in [0.717, 1.165) is 44.3 Å². The average Bonchev–Trinajstić information content (AvgIpc) is 2.47. The molecule has 0 bridgehead atoms. The second-order valence-corrected chi connectivity index (χ2v) is 6.07. The fourth-order valence-corrected chi connectivity index (χ4v) is 3.20. The molecule has 0 spiro atoms. The van der Waals surface area contributed by atoms with Crippen molar-refractivity contribution in [2.45, 2.75) is 51.2 Å². The molecule has 0 atom stereocenters. The van der Waals surface area contributed by atoms with Crippen LogP contribution in [0.5, 0.6) is 0 Å². The summed E-state index contributed by atoms with van der Waals surface area (Å²) in [4.78, 5) is 12.7. The van der Waals surface area contributed by atoms with Crippen molar-refractivity contribution in [3.63, 3.8) is 0 Å². The van der Waals surface area contributed by atoms with E-state index in [1.807, 2.05) is 0 Å². The van der Waals surface area contributed by atoms with Gasteiger partial charge in [-0.05, 0) is 43.9 Å². The second kappa shape index (κ2) is 7.20. The molecule has 1 aliphatic carbocycles. The molecular weight excluding hydrogens is 290 g/mol. The van der Waals surface area contributed by atoms with Crippen LogP contribution in [0.1, 0.15) is 38.2 Å². The molecule has 6 heteroatoms. The van der Waals surface area contributed by atoms with Crippen LogP contribution in [0.3, 0.4) is 0 Å². The lowest BCUT2D eigenvalue weighted by Crippen LogP contribution is -2.40. The molecule has 0 amide bonds. The van der Waals surface area contributed by atoms with Gasteiger partial charge in [0.05, 0.1) is 9.95 Å². The Kier molecular flexibility index (Phi) is 5.56. The van der Waals surface area contributed by atoms with E-state index in [1.54, 1.807) is 6.07 Å². The Hall–Kier alpha value is -1.17. The van der Waals surface area contributed by atoms with Crippen LogP contribution >= 0.6 is 11.6 Å². The zero-order chi connectivity index (χ0) is 15.4. The zero-order valence-electron chi connectivity index (χ0n) is 12.3. The molecule has 21 heavy (non-hydrogen) atoms. The molecule has 1 fully saturated rings. The highest BCUT2D eigenvalue weighted by Gasteiger charge is 2.24. The van der Waals surface area contributed by atoms with Crippen LogP contribution in [0, 0.1) is 10.1 Å². The van der Waals surface area contributed by atoms with Crippen molar-refractivity contribution in [1.82, 2.24) is 4.90 Å². The minimum atomic E-state index is -0.421. The molecular formula is C15H22ClN3O2. The fraction of sp³-hybridized carbons (Fsp3) is 0.600. The van der Waals surface area contributed by atoms with E-state index in [1.165, 1.54) is 12.1 Å². The third kappa shape index (κ3) is 4.15. The maximum atomic E-state index is 10.7. The lowest BCUT2D eigenvalue weighted by atomic mass is 9.90. The van der Waals surface area contributed by atoms with Crippen LogP contribution in [0.15, 0.2) is 18.2 Å². The largest absolute Gasteiger partial charge is 0.328 e. The molecule has 1 aromatic carbocycles. The van der Waals surface area contributed by atoms with Gasteiger partial charge in [-0.1, -0.05) is 18.5 Å². The third-order valence-corrected chi connectivity index (χ3v) is 4.64. The van der Waals surface area contributed by atoms with Gasteiger partial charge in [0.2, 0.25) is 0 Å². The van der Waals surface area contributed by atoms with Crippen molar-refractivity contribution in [3.05, 3.63) is 38.9 Å². The van der Waals surface area contributed by atoms with Crippen molar-refractivity contribution < 1.29 is 4.92 Å². The lowest BCUT2D eigenvalue weighted by molar-refractivity contribution is -0.384. The number of nitro groups is 1. The van der Waals surface area contributed by atoms with Crippen molar-refractivity contribution in [1.29, 1.82) is 0 Å². The van der Waals surface area contributed by atoms with Gasteiger partial charge in [0.25, 0.3) is 5.69 Å². The lowest BCUT2D eigenvalue weighted by Gasteiger charge is -2.35. The van der Waals surface area contributed by atoms with Gasteiger partial charge in [-0.3, -0.25) is 15.0 Å². The Balaban J connectivity index is 2.06. The first-order chi connectivity index (χ1) is 10.0. The van der Waals surface area contributed by atoms with Crippen LogP contribution in [-0.4, -0.2) is 28.5 Å². The molecule has 116 valence electrons. The Bertz CT molecular complexity index is 502. The van der Waals surface area contributed by atoms with Crippen LogP contribution < -0.4 is 5.73 Å². The Labute approximate surface area is 130 Å². The first kappa shape index (κ1) is 16.2. The number of hydrogen-bond donors (Lipinski definition) is 1. The summed E-state index contributed by atoms with van der Waals surface area (Å²) < 4.78 is 0. The zero-order valence-corrected chi connectivity index (χ0v) is 13.1. The number of nitrogens with zero attached hydrogens (tertiary/aromatic N) is 2. The van der Waals surface area contributed by atoms with Gasteiger partial charge in [-0.2, -0.15) is 0 Å². The Morgan fingerprint density at radius 1 is 1.38 bits per heavy atom. The van der Waals surface area contributed by atoms with Crippen molar-refractivity contribution in [3.8, 4) is 0 Å². The van der Waals surface area contributed by atoms with E-state index < -0.39 is 4.92 Å². The molecule has 1 saturated carbocycles. The molecule has 0 unspecified atom stereocenters. The second-order valence-electron chi connectivity index (χ2n) is 5.66. The number of non-ortho nitro benzene ring substituents is 1. The van der Waals surface area contributed by atoms with Gasteiger partial charge >= 0.3 is 0 Å². The average molecular weight is 312 g/mol. The topological polar surface area (TPSA) is 72.4 Å². The molecule has 0 aliphatic heterocycles. The maximum absolute atomic E-state index is 10.7. The summed E-state index contributed by atoms with van der Waals surface area (Å²) >= 11 is 6.19. The number of rotatable bonds is 5. The maximum Gasteiger partial charge on any atom is 0.270 e. The van der Waals surface area contributed by atoms with Crippen LogP contribution in [0.2, 0.25) is 5.02 Å². The van der Waals surface area contributed by atoms with Gasteiger partial charge in [0, 0.05) is 30.8 Å². The van der Waals surface area contributed by atoms with Crippen molar-refractivity contribution in [2.24, 2.45) is 5.73 Å². The number of benzene rings is 1. The van der Waals surface area contributed by atoms with Gasteiger partial charge in [-0.25, -0.2) is 0 Å². The molecule has 0 saturated heterocycles. The number of hydrogen-bond acceptors (Lipinski definition) is 4. The van der Waals surface area contributed by atoms with Crippen molar-refractivity contribution in [2.75, 3.05) is 6.54 Å². The van der Waals surface area contributed by atoms with Gasteiger partial charge in [0.15, 0.2) is 0 Å². The van der Waals surface area contributed by atoms with E-state index in [-0.39, 0.29) is 5.69 Å². The highest BCUT2D eigenvalue weighted by atomic mass is 35.5. The van der Waals surface area contributed by atoms with Gasteiger partial charge in [0.1, 0.15) is 0 Å². The van der Waals surface area contributed by atoms with Gasteiger partial charge < -0.3 is 5.73 Å². The molecule has 1 aliphatic rings. The smallest absolute Gasteiger partial charge is 0.270 e. The molecule has 0 radical (unpaired) electrons. The molecule has 0 aromatic heterocycles. The van der Waals surface area contributed by atoms with Crippen LogP contribution in [-0.2, 0) is 6.54 Å². The normalized spacial score (nSPS) is 22.5. The van der Waals surface area contributed by atoms with E-state index in [9.17, 15) is 10.1 Å². The van der Waals surface area contributed by atoms with E-state index in [0.29, 0.717) is 17.1 Å².